The Morgan fingerprint density at radius 2 is 1.85 bits per heavy atom. The maximum Gasteiger partial charge on any atom is 0.322 e. The van der Waals surface area contributed by atoms with Gasteiger partial charge in [-0.15, -0.1) is 0 Å². The summed E-state index contributed by atoms with van der Waals surface area (Å²) in [6.45, 7) is 6.57. The molecular weight excluding hydrogens is 332 g/mol. The zero-order valence-electron chi connectivity index (χ0n) is 15.4. The van der Waals surface area contributed by atoms with Crippen molar-refractivity contribution in [3.63, 3.8) is 0 Å². The Kier molecular flexibility index (Phi) is 6.46. The van der Waals surface area contributed by atoms with Gasteiger partial charge in [-0.25, -0.2) is 4.79 Å². The molecule has 1 atom stereocenters. The molecule has 2 saturated heterocycles. The summed E-state index contributed by atoms with van der Waals surface area (Å²) in [4.78, 5) is 28.4. The number of morpholine rings is 1. The lowest BCUT2D eigenvalue weighted by Gasteiger charge is -2.39. The fourth-order valence-corrected chi connectivity index (χ4v) is 3.61. The molecule has 3 amide bonds. The van der Waals surface area contributed by atoms with Crippen LogP contribution in [-0.2, 0) is 9.53 Å². The number of nitrogens with one attached hydrogen (secondary N) is 2. The highest BCUT2D eigenvalue weighted by atomic mass is 16.5. The number of ether oxygens (including phenoxy) is 1. The minimum Gasteiger partial charge on any atom is -0.379 e. The molecule has 1 aromatic carbocycles. The van der Waals surface area contributed by atoms with Crippen LogP contribution < -0.4 is 10.6 Å². The van der Waals surface area contributed by atoms with Crippen molar-refractivity contribution in [3.8, 4) is 0 Å². The molecule has 0 radical (unpaired) electrons. The van der Waals surface area contributed by atoms with Gasteiger partial charge >= 0.3 is 6.03 Å². The monoisotopic (exact) mass is 360 g/mol. The van der Waals surface area contributed by atoms with Crippen LogP contribution in [0.25, 0.3) is 0 Å². The first kappa shape index (κ1) is 18.7. The largest absolute Gasteiger partial charge is 0.379 e. The standard InChI is InChI=1S/C19H28N4O3/c1-15(24)20-16-5-4-6-17(13-16)21-19(25)23-8-3-2-7-18(23)14-22-9-11-26-12-10-22/h4-6,13,18H,2-3,7-12,14H2,1H3,(H,20,24)(H,21,25)/t18-/m1/s1. The third-order valence-corrected chi connectivity index (χ3v) is 4.89. The number of hydrogen-bond donors (Lipinski definition) is 2. The summed E-state index contributed by atoms with van der Waals surface area (Å²) in [5.41, 5.74) is 1.37. The molecule has 2 fully saturated rings. The number of carbonyl (C=O) groups is 2. The number of likely N-dealkylation sites (tertiary alicyclic amines) is 1. The first-order valence-corrected chi connectivity index (χ1v) is 9.37. The molecule has 0 unspecified atom stereocenters. The number of rotatable bonds is 4. The summed E-state index contributed by atoms with van der Waals surface area (Å²) in [5.74, 6) is -0.130. The number of anilines is 2. The molecule has 2 aliphatic heterocycles. The van der Waals surface area contributed by atoms with Crippen molar-refractivity contribution < 1.29 is 14.3 Å². The zero-order valence-corrected chi connectivity index (χ0v) is 15.4. The van der Waals surface area contributed by atoms with E-state index in [-0.39, 0.29) is 18.0 Å². The van der Waals surface area contributed by atoms with E-state index in [0.29, 0.717) is 11.4 Å². The molecule has 0 bridgehead atoms. The van der Waals surface area contributed by atoms with Crippen LogP contribution in [0, 0.1) is 0 Å². The smallest absolute Gasteiger partial charge is 0.322 e. The van der Waals surface area contributed by atoms with Gasteiger partial charge in [0.1, 0.15) is 0 Å². The van der Waals surface area contributed by atoms with Crippen molar-refractivity contribution in [2.24, 2.45) is 0 Å². The summed E-state index contributed by atoms with van der Waals surface area (Å²) in [5, 5.41) is 5.72. The van der Waals surface area contributed by atoms with Crippen molar-refractivity contribution in [3.05, 3.63) is 24.3 Å². The average Bonchev–Trinajstić information content (AvgIpc) is 2.63. The molecule has 7 heteroatoms. The minimum absolute atomic E-state index is 0.0667. The number of piperidine rings is 1. The fraction of sp³-hybridized carbons (Fsp3) is 0.579. The maximum absolute atomic E-state index is 12.8. The lowest BCUT2D eigenvalue weighted by molar-refractivity contribution is -0.114. The van der Waals surface area contributed by atoms with Gasteiger partial charge in [-0.3, -0.25) is 9.69 Å². The molecule has 1 aromatic rings. The predicted molar refractivity (Wildman–Crippen MR) is 101 cm³/mol. The number of carbonyl (C=O) groups excluding carboxylic acids is 2. The summed E-state index contributed by atoms with van der Waals surface area (Å²) < 4.78 is 5.42. The van der Waals surface area contributed by atoms with Crippen LogP contribution >= 0.6 is 0 Å². The van der Waals surface area contributed by atoms with Crippen LogP contribution in [0.4, 0.5) is 16.2 Å². The van der Waals surface area contributed by atoms with E-state index in [1.54, 1.807) is 12.1 Å². The van der Waals surface area contributed by atoms with E-state index in [2.05, 4.69) is 15.5 Å². The molecule has 2 heterocycles. The van der Waals surface area contributed by atoms with Gasteiger partial charge in [0.05, 0.1) is 13.2 Å². The van der Waals surface area contributed by atoms with Gasteiger partial charge in [-0.1, -0.05) is 6.07 Å². The molecule has 2 N–H and O–H groups in total. The molecule has 3 rings (SSSR count). The molecule has 26 heavy (non-hydrogen) atoms. The van der Waals surface area contributed by atoms with Crippen LogP contribution in [0.3, 0.4) is 0 Å². The summed E-state index contributed by atoms with van der Waals surface area (Å²) in [7, 11) is 0. The Bertz CT molecular complexity index is 631. The number of benzene rings is 1. The third kappa shape index (κ3) is 5.19. The van der Waals surface area contributed by atoms with Crippen LogP contribution in [-0.4, -0.2) is 67.2 Å². The molecule has 0 aliphatic carbocycles. The molecular formula is C19H28N4O3. The third-order valence-electron chi connectivity index (χ3n) is 4.89. The normalized spacial score (nSPS) is 21.3. The summed E-state index contributed by atoms with van der Waals surface area (Å²) >= 11 is 0. The van der Waals surface area contributed by atoms with E-state index in [1.165, 1.54) is 6.92 Å². The Labute approximate surface area is 154 Å². The van der Waals surface area contributed by atoms with Gasteiger partial charge in [-0.05, 0) is 37.5 Å². The number of amides is 3. The summed E-state index contributed by atoms with van der Waals surface area (Å²) in [6.07, 6.45) is 3.24. The second kappa shape index (κ2) is 9.00. The van der Waals surface area contributed by atoms with Gasteiger partial charge in [0, 0.05) is 50.5 Å². The van der Waals surface area contributed by atoms with E-state index in [9.17, 15) is 9.59 Å². The molecule has 0 aromatic heterocycles. The molecule has 0 spiro atoms. The lowest BCUT2D eigenvalue weighted by atomic mass is 10.0. The van der Waals surface area contributed by atoms with E-state index in [1.807, 2.05) is 17.0 Å². The van der Waals surface area contributed by atoms with Gasteiger partial charge < -0.3 is 20.3 Å². The maximum atomic E-state index is 12.8. The minimum atomic E-state index is -0.130. The molecule has 142 valence electrons. The van der Waals surface area contributed by atoms with Crippen LogP contribution in [0.5, 0.6) is 0 Å². The second-order valence-electron chi connectivity index (χ2n) is 6.95. The van der Waals surface area contributed by atoms with E-state index in [0.717, 1.165) is 58.7 Å². The fourth-order valence-electron chi connectivity index (χ4n) is 3.61. The van der Waals surface area contributed by atoms with Gasteiger partial charge in [0.25, 0.3) is 0 Å². The Morgan fingerprint density at radius 1 is 1.12 bits per heavy atom. The highest BCUT2D eigenvalue weighted by Gasteiger charge is 2.28. The van der Waals surface area contributed by atoms with Gasteiger partial charge in [-0.2, -0.15) is 0 Å². The zero-order chi connectivity index (χ0) is 18.4. The van der Waals surface area contributed by atoms with E-state index < -0.39 is 0 Å². The first-order chi connectivity index (χ1) is 12.6. The molecule has 7 nitrogen and oxygen atoms in total. The first-order valence-electron chi connectivity index (χ1n) is 9.37. The predicted octanol–water partition coefficient (Wildman–Crippen LogP) is 2.36. The van der Waals surface area contributed by atoms with Crippen LogP contribution in [0.1, 0.15) is 26.2 Å². The van der Waals surface area contributed by atoms with Crippen molar-refractivity contribution in [2.45, 2.75) is 32.2 Å². The van der Waals surface area contributed by atoms with E-state index >= 15 is 0 Å². The van der Waals surface area contributed by atoms with E-state index in [4.69, 9.17) is 4.74 Å². The van der Waals surface area contributed by atoms with Gasteiger partial charge in [0.15, 0.2) is 0 Å². The lowest BCUT2D eigenvalue weighted by Crippen LogP contribution is -2.52. The number of hydrogen-bond acceptors (Lipinski definition) is 4. The quantitative estimate of drug-likeness (QED) is 0.864. The van der Waals surface area contributed by atoms with Crippen LogP contribution in [0.15, 0.2) is 24.3 Å². The second-order valence-corrected chi connectivity index (χ2v) is 6.95. The van der Waals surface area contributed by atoms with Crippen molar-refractivity contribution in [1.82, 2.24) is 9.80 Å². The average molecular weight is 360 g/mol. The Balaban J connectivity index is 1.61. The van der Waals surface area contributed by atoms with Crippen LogP contribution in [0.2, 0.25) is 0 Å². The molecule has 0 saturated carbocycles. The highest BCUT2D eigenvalue weighted by molar-refractivity contribution is 5.92. The Morgan fingerprint density at radius 3 is 2.58 bits per heavy atom. The molecule has 2 aliphatic rings. The van der Waals surface area contributed by atoms with Crippen molar-refractivity contribution in [1.29, 1.82) is 0 Å². The van der Waals surface area contributed by atoms with Gasteiger partial charge in [0.2, 0.25) is 5.91 Å². The SMILES string of the molecule is CC(=O)Nc1cccc(NC(=O)N2CCCC[C@@H]2CN2CCOCC2)c1. The van der Waals surface area contributed by atoms with Crippen molar-refractivity contribution in [2.75, 3.05) is 50.0 Å². The topological polar surface area (TPSA) is 73.9 Å². The number of urea groups is 1. The summed E-state index contributed by atoms with van der Waals surface area (Å²) in [6, 6.07) is 7.41. The Hall–Kier alpha value is -2.12. The van der Waals surface area contributed by atoms with Crippen molar-refractivity contribution >= 4 is 23.3 Å². The highest BCUT2D eigenvalue weighted by Crippen LogP contribution is 2.21. The number of nitrogens with zero attached hydrogens (tertiary/aromatic N) is 2.